The molecule has 222 valence electrons. The summed E-state index contributed by atoms with van der Waals surface area (Å²) in [4.78, 5) is 13.5. The molecule has 6 nitrogen and oxygen atoms in total. The second kappa shape index (κ2) is 15.6. The highest BCUT2D eigenvalue weighted by Crippen LogP contribution is 2.48. The first-order valence-electron chi connectivity index (χ1n) is 13.9. The first kappa shape index (κ1) is 32.9. The lowest BCUT2D eigenvalue weighted by Crippen LogP contribution is -2.05. The summed E-state index contributed by atoms with van der Waals surface area (Å²) in [5.74, 6) is 2.29. The van der Waals surface area contributed by atoms with Crippen LogP contribution in [-0.4, -0.2) is 41.3 Å². The molecule has 1 unspecified atom stereocenters. The van der Waals surface area contributed by atoms with E-state index in [2.05, 4.69) is 29.4 Å². The summed E-state index contributed by atoms with van der Waals surface area (Å²) in [6.07, 6.45) is 7.57. The molecule has 0 saturated heterocycles. The second-order valence-corrected chi connectivity index (χ2v) is 11.3. The van der Waals surface area contributed by atoms with Gasteiger partial charge in [-0.3, -0.25) is 4.79 Å². The fraction of sp³-hybridized carbons (Fsp3) is 0.438. The smallest absolute Gasteiger partial charge is 0.300 e. The molecule has 1 aliphatic carbocycles. The number of hydrogen-bond acceptors (Lipinski definition) is 6. The fourth-order valence-electron chi connectivity index (χ4n) is 5.07. The largest absolute Gasteiger partial charge is 0.493 e. The van der Waals surface area contributed by atoms with Crippen molar-refractivity contribution < 1.29 is 24.1 Å². The number of thioether (sulfide) groups is 1. The fourth-order valence-corrected chi connectivity index (χ4v) is 6.01. The molecule has 1 aliphatic heterocycles. The summed E-state index contributed by atoms with van der Waals surface area (Å²) in [5.41, 5.74) is 7.83. The first-order chi connectivity index (χ1) is 19.7. The van der Waals surface area contributed by atoms with Crippen LogP contribution in [0.1, 0.15) is 67.5 Å². The van der Waals surface area contributed by atoms with Crippen molar-refractivity contribution in [1.29, 1.82) is 0 Å². The molecule has 5 rings (SSSR count). The summed E-state index contributed by atoms with van der Waals surface area (Å²) in [5, 5.41) is 8.59. The number of ether oxygens (including phenoxy) is 3. The highest BCUT2D eigenvalue weighted by molar-refractivity contribution is 7.98. The summed E-state index contributed by atoms with van der Waals surface area (Å²) in [7, 11) is 0. The number of benzene rings is 2. The van der Waals surface area contributed by atoms with Gasteiger partial charge in [0.05, 0.1) is 23.3 Å². The molecule has 2 heterocycles. The van der Waals surface area contributed by atoms with Crippen LogP contribution < -0.4 is 14.2 Å². The topological polar surface area (TPSA) is 77.9 Å². The van der Waals surface area contributed by atoms with E-state index < -0.39 is 5.97 Å². The number of aromatic nitrogens is 1. The van der Waals surface area contributed by atoms with E-state index >= 15 is 0 Å². The zero-order chi connectivity index (χ0) is 30.1. The van der Waals surface area contributed by atoms with Crippen LogP contribution in [0.5, 0.6) is 17.4 Å². The summed E-state index contributed by atoms with van der Waals surface area (Å²) >= 11 is 15.4. The van der Waals surface area contributed by atoms with Gasteiger partial charge in [0.2, 0.25) is 5.88 Å². The first-order valence-corrected chi connectivity index (χ1v) is 16.1. The van der Waals surface area contributed by atoms with Gasteiger partial charge in [-0.1, -0.05) is 55.2 Å². The standard InChI is InChI=1S/C28H29Cl2NO3S.C2H4O2.C2H6/c1-16-25(17(2)27(30)28(26(16)29)33-11-5-13-35-3)21-7-4-6-20-19(21)8-9-22(20)34-24-14-23-18(15-31-24)10-12-32-23;1-2(3)4;1-2/h4,6-7,14-15,22H,5,8-13H2,1-3H3;1H3,(H,3,4);1-2H3. The van der Waals surface area contributed by atoms with Gasteiger partial charge >= 0.3 is 0 Å². The number of pyridine rings is 1. The molecule has 3 aromatic rings. The molecule has 1 atom stereocenters. The summed E-state index contributed by atoms with van der Waals surface area (Å²) in [6.45, 7) is 10.5. The molecule has 1 aromatic heterocycles. The number of halogens is 2. The van der Waals surface area contributed by atoms with E-state index in [9.17, 15) is 0 Å². The maximum Gasteiger partial charge on any atom is 0.300 e. The number of carbonyl (C=O) groups is 1. The van der Waals surface area contributed by atoms with Gasteiger partial charge in [-0.25, -0.2) is 4.98 Å². The molecule has 0 saturated carbocycles. The number of hydrogen-bond donors (Lipinski definition) is 1. The van der Waals surface area contributed by atoms with Crippen molar-refractivity contribution in [2.75, 3.05) is 25.2 Å². The molecule has 9 heteroatoms. The van der Waals surface area contributed by atoms with Crippen molar-refractivity contribution in [3.05, 3.63) is 68.3 Å². The second-order valence-electron chi connectivity index (χ2n) is 9.54. The predicted octanol–water partition coefficient (Wildman–Crippen LogP) is 8.92. The third kappa shape index (κ3) is 7.82. The summed E-state index contributed by atoms with van der Waals surface area (Å²) < 4.78 is 18.0. The third-order valence-electron chi connectivity index (χ3n) is 6.84. The van der Waals surface area contributed by atoms with E-state index in [1.54, 1.807) is 11.8 Å². The minimum atomic E-state index is -0.833. The molecular formula is C32H39Cl2NO5S. The normalized spacial score (nSPS) is 14.5. The maximum atomic E-state index is 9.00. The summed E-state index contributed by atoms with van der Waals surface area (Å²) in [6, 6.07) is 8.31. The highest BCUT2D eigenvalue weighted by atomic mass is 35.5. The molecular weight excluding hydrogens is 581 g/mol. The Labute approximate surface area is 257 Å². The van der Waals surface area contributed by atoms with Crippen LogP contribution in [0.4, 0.5) is 0 Å². The molecule has 0 radical (unpaired) electrons. The van der Waals surface area contributed by atoms with Crippen LogP contribution in [-0.2, 0) is 17.6 Å². The molecule has 41 heavy (non-hydrogen) atoms. The van der Waals surface area contributed by atoms with E-state index in [1.165, 1.54) is 11.1 Å². The van der Waals surface area contributed by atoms with Crippen LogP contribution in [0.2, 0.25) is 10.0 Å². The SMILES string of the molecule is CC.CC(=O)O.CSCCCOc1c(Cl)c(C)c(-c2cccc3c2CCC3Oc2cc3c(cn2)CCO3)c(C)c1Cl. The number of aliphatic carboxylic acids is 1. The van der Waals surface area contributed by atoms with Crippen molar-refractivity contribution in [2.45, 2.75) is 66.4 Å². The van der Waals surface area contributed by atoms with Gasteiger partial charge in [-0.05, 0) is 78.5 Å². The van der Waals surface area contributed by atoms with Crippen molar-refractivity contribution in [3.63, 3.8) is 0 Å². The van der Waals surface area contributed by atoms with Crippen LogP contribution in [0.15, 0.2) is 30.5 Å². The number of rotatable bonds is 8. The van der Waals surface area contributed by atoms with Crippen LogP contribution in [0.3, 0.4) is 0 Å². The monoisotopic (exact) mass is 619 g/mol. The van der Waals surface area contributed by atoms with Gasteiger partial charge in [-0.2, -0.15) is 11.8 Å². The third-order valence-corrected chi connectivity index (χ3v) is 8.45. The Morgan fingerprint density at radius 3 is 2.51 bits per heavy atom. The zero-order valence-electron chi connectivity index (χ0n) is 24.6. The van der Waals surface area contributed by atoms with E-state index in [0.29, 0.717) is 34.9 Å². The Morgan fingerprint density at radius 2 is 1.85 bits per heavy atom. The van der Waals surface area contributed by atoms with Gasteiger partial charge in [0.15, 0.2) is 5.75 Å². The van der Waals surface area contributed by atoms with Crippen LogP contribution >= 0.6 is 35.0 Å². The zero-order valence-corrected chi connectivity index (χ0v) is 26.9. The maximum absolute atomic E-state index is 9.00. The van der Waals surface area contributed by atoms with Crippen LogP contribution in [0, 0.1) is 13.8 Å². The molecule has 0 fully saturated rings. The van der Waals surface area contributed by atoms with Gasteiger partial charge in [0.25, 0.3) is 5.97 Å². The van der Waals surface area contributed by atoms with E-state index in [0.717, 1.165) is 71.9 Å². The number of fused-ring (bicyclic) bond motifs is 2. The quantitative estimate of drug-likeness (QED) is 0.252. The molecule has 0 bridgehead atoms. The van der Waals surface area contributed by atoms with E-state index in [1.807, 2.05) is 40.0 Å². The minimum Gasteiger partial charge on any atom is -0.493 e. The minimum absolute atomic E-state index is 0.0532. The Kier molecular flexibility index (Phi) is 12.5. The average molecular weight is 621 g/mol. The van der Waals surface area contributed by atoms with Crippen molar-refractivity contribution in [2.24, 2.45) is 0 Å². The van der Waals surface area contributed by atoms with Crippen molar-refractivity contribution in [1.82, 2.24) is 4.98 Å². The lowest BCUT2D eigenvalue weighted by molar-refractivity contribution is -0.134. The molecule has 0 amide bonds. The number of carboxylic acid groups (broad SMARTS) is 1. The molecule has 2 aliphatic rings. The van der Waals surface area contributed by atoms with Gasteiger partial charge in [0.1, 0.15) is 11.9 Å². The Morgan fingerprint density at radius 1 is 1.17 bits per heavy atom. The van der Waals surface area contributed by atoms with Gasteiger partial charge in [0, 0.05) is 31.2 Å². The molecule has 1 N–H and O–H groups in total. The van der Waals surface area contributed by atoms with Gasteiger partial charge < -0.3 is 19.3 Å². The Bertz CT molecular complexity index is 1330. The van der Waals surface area contributed by atoms with Gasteiger partial charge in [-0.15, -0.1) is 0 Å². The Balaban J connectivity index is 0.000000710. The number of nitrogens with zero attached hydrogens (tertiary/aromatic N) is 1. The van der Waals surface area contributed by atoms with E-state index in [-0.39, 0.29) is 6.10 Å². The molecule has 2 aromatic carbocycles. The highest BCUT2D eigenvalue weighted by Gasteiger charge is 2.29. The van der Waals surface area contributed by atoms with Crippen molar-refractivity contribution in [3.8, 4) is 28.5 Å². The van der Waals surface area contributed by atoms with E-state index in [4.69, 9.17) is 47.3 Å². The number of carboxylic acids is 1. The molecule has 0 spiro atoms. The average Bonchev–Trinajstić information content (AvgIpc) is 3.60. The van der Waals surface area contributed by atoms with Crippen LogP contribution in [0.25, 0.3) is 11.1 Å². The van der Waals surface area contributed by atoms with Crippen molar-refractivity contribution >= 4 is 40.9 Å². The predicted molar refractivity (Wildman–Crippen MR) is 170 cm³/mol. The lowest BCUT2D eigenvalue weighted by Gasteiger charge is -2.21. The Hall–Kier alpha value is -2.61. The lowest BCUT2D eigenvalue weighted by atomic mass is 9.90.